The maximum atomic E-state index is 5.44. The lowest BCUT2D eigenvalue weighted by molar-refractivity contribution is 0.253. The molecule has 78 valence electrons. The van der Waals surface area contributed by atoms with Crippen LogP contribution >= 0.6 is 0 Å². The average molecular weight is 191 g/mol. The lowest BCUT2D eigenvalue weighted by Crippen LogP contribution is -2.38. The predicted octanol–water partition coefficient (Wildman–Crippen LogP) is 2.42. The lowest BCUT2D eigenvalue weighted by Gasteiger charge is -2.29. The number of hydrogen-bond donors (Lipinski definition) is 1. The third kappa shape index (κ3) is 1.81. The Bertz CT molecular complexity index is 228. The summed E-state index contributed by atoms with van der Waals surface area (Å²) in [5, 5.41) is 3.57. The molecule has 0 heterocycles. The van der Waals surface area contributed by atoms with E-state index in [0.717, 1.165) is 30.7 Å². The molecule has 2 rings (SSSR count). The maximum Gasteiger partial charge on any atom is 0.0243 e. The topological polar surface area (TPSA) is 12.0 Å². The summed E-state index contributed by atoms with van der Waals surface area (Å²) in [4.78, 5) is 0. The molecule has 2 aliphatic carbocycles. The molecule has 2 saturated carbocycles. The monoisotopic (exact) mass is 191 g/mol. The molecule has 2 aliphatic rings. The van der Waals surface area contributed by atoms with Crippen molar-refractivity contribution in [3.8, 4) is 12.3 Å². The highest BCUT2D eigenvalue weighted by Gasteiger charge is 2.42. The highest BCUT2D eigenvalue weighted by Crippen LogP contribution is 2.49. The molecule has 0 aromatic heterocycles. The van der Waals surface area contributed by atoms with Gasteiger partial charge in [0.1, 0.15) is 0 Å². The Morgan fingerprint density at radius 2 is 2.29 bits per heavy atom. The SMILES string of the molecule is C#CCC(NCC)C1CC2CCC1C2. The highest BCUT2D eigenvalue weighted by atomic mass is 14.9. The molecule has 0 saturated heterocycles. The first kappa shape index (κ1) is 10.1. The Balaban J connectivity index is 1.94. The van der Waals surface area contributed by atoms with E-state index in [1.807, 2.05) is 0 Å². The number of terminal acetylenes is 1. The minimum atomic E-state index is 0.597. The van der Waals surface area contributed by atoms with E-state index in [-0.39, 0.29) is 0 Å². The molecule has 2 fully saturated rings. The fourth-order valence-electron chi connectivity index (χ4n) is 3.55. The number of rotatable bonds is 4. The normalized spacial score (nSPS) is 37.0. The summed E-state index contributed by atoms with van der Waals surface area (Å²) in [5.74, 6) is 5.72. The average Bonchev–Trinajstić information content (AvgIpc) is 2.78. The van der Waals surface area contributed by atoms with Gasteiger partial charge in [-0.05, 0) is 43.6 Å². The number of fused-ring (bicyclic) bond motifs is 2. The fourth-order valence-corrected chi connectivity index (χ4v) is 3.55. The van der Waals surface area contributed by atoms with Crippen molar-refractivity contribution in [1.82, 2.24) is 5.32 Å². The molecule has 14 heavy (non-hydrogen) atoms. The van der Waals surface area contributed by atoms with Gasteiger partial charge < -0.3 is 5.32 Å². The van der Waals surface area contributed by atoms with Gasteiger partial charge >= 0.3 is 0 Å². The third-order valence-corrected chi connectivity index (χ3v) is 4.11. The summed E-state index contributed by atoms with van der Waals surface area (Å²) in [6, 6.07) is 0.597. The first-order valence-electron chi connectivity index (χ1n) is 6.02. The van der Waals surface area contributed by atoms with E-state index in [0.29, 0.717) is 6.04 Å². The molecule has 4 unspecified atom stereocenters. The van der Waals surface area contributed by atoms with Crippen molar-refractivity contribution in [2.24, 2.45) is 17.8 Å². The number of nitrogens with one attached hydrogen (secondary N) is 1. The maximum absolute atomic E-state index is 5.44. The Kier molecular flexibility index (Phi) is 3.13. The van der Waals surface area contributed by atoms with Crippen LogP contribution < -0.4 is 5.32 Å². The molecule has 0 aromatic carbocycles. The molecule has 1 nitrogen and oxygen atoms in total. The van der Waals surface area contributed by atoms with Crippen LogP contribution in [0.15, 0.2) is 0 Å². The summed E-state index contributed by atoms with van der Waals surface area (Å²) in [6.07, 6.45) is 12.2. The van der Waals surface area contributed by atoms with Crippen LogP contribution in [0.2, 0.25) is 0 Å². The molecule has 1 heteroatoms. The van der Waals surface area contributed by atoms with Crippen LogP contribution in [0.1, 0.15) is 39.0 Å². The molecule has 0 aliphatic heterocycles. The smallest absolute Gasteiger partial charge is 0.0243 e. The fraction of sp³-hybridized carbons (Fsp3) is 0.846. The molecule has 1 N–H and O–H groups in total. The van der Waals surface area contributed by atoms with Crippen LogP contribution in [0, 0.1) is 30.1 Å². The minimum Gasteiger partial charge on any atom is -0.313 e. The van der Waals surface area contributed by atoms with Crippen LogP contribution in [-0.4, -0.2) is 12.6 Å². The zero-order chi connectivity index (χ0) is 9.97. The largest absolute Gasteiger partial charge is 0.313 e. The van der Waals surface area contributed by atoms with Crippen LogP contribution in [-0.2, 0) is 0 Å². The standard InChI is InChI=1S/C13H21N/c1-3-5-13(14-4-2)12-9-10-6-7-11(12)8-10/h1,10-14H,4-9H2,2H3. The van der Waals surface area contributed by atoms with Gasteiger partial charge in [-0.25, -0.2) is 0 Å². The van der Waals surface area contributed by atoms with Crippen molar-refractivity contribution in [3.05, 3.63) is 0 Å². The summed E-state index contributed by atoms with van der Waals surface area (Å²) in [5.41, 5.74) is 0. The van der Waals surface area contributed by atoms with Gasteiger partial charge in [0, 0.05) is 12.5 Å². The Morgan fingerprint density at radius 1 is 1.43 bits per heavy atom. The van der Waals surface area contributed by atoms with E-state index in [4.69, 9.17) is 6.42 Å². The summed E-state index contributed by atoms with van der Waals surface area (Å²) < 4.78 is 0. The van der Waals surface area contributed by atoms with Crippen molar-refractivity contribution < 1.29 is 0 Å². The van der Waals surface area contributed by atoms with E-state index in [9.17, 15) is 0 Å². The van der Waals surface area contributed by atoms with E-state index < -0.39 is 0 Å². The minimum absolute atomic E-state index is 0.597. The molecule has 0 amide bonds. The number of hydrogen-bond acceptors (Lipinski definition) is 1. The van der Waals surface area contributed by atoms with Crippen LogP contribution in [0.3, 0.4) is 0 Å². The molecule has 0 radical (unpaired) electrons. The zero-order valence-electron chi connectivity index (χ0n) is 9.13. The first-order chi connectivity index (χ1) is 6.85. The van der Waals surface area contributed by atoms with E-state index in [1.54, 1.807) is 0 Å². The lowest BCUT2D eigenvalue weighted by atomic mass is 9.82. The van der Waals surface area contributed by atoms with Gasteiger partial charge in [0.2, 0.25) is 0 Å². The van der Waals surface area contributed by atoms with Gasteiger partial charge in [0.05, 0.1) is 0 Å². The van der Waals surface area contributed by atoms with Gasteiger partial charge in [-0.3, -0.25) is 0 Å². The Hall–Kier alpha value is -0.480. The molecule has 4 atom stereocenters. The molecule has 0 aromatic rings. The van der Waals surface area contributed by atoms with Crippen molar-refractivity contribution in [1.29, 1.82) is 0 Å². The zero-order valence-corrected chi connectivity index (χ0v) is 9.13. The third-order valence-electron chi connectivity index (χ3n) is 4.11. The van der Waals surface area contributed by atoms with Crippen molar-refractivity contribution >= 4 is 0 Å². The molecular weight excluding hydrogens is 170 g/mol. The summed E-state index contributed by atoms with van der Waals surface area (Å²) >= 11 is 0. The molecule has 0 spiro atoms. The molecule has 2 bridgehead atoms. The van der Waals surface area contributed by atoms with Gasteiger partial charge in [-0.1, -0.05) is 13.3 Å². The summed E-state index contributed by atoms with van der Waals surface area (Å²) in [6.45, 7) is 3.23. The van der Waals surface area contributed by atoms with Gasteiger partial charge in [0.15, 0.2) is 0 Å². The molecular formula is C13H21N. The van der Waals surface area contributed by atoms with E-state index >= 15 is 0 Å². The van der Waals surface area contributed by atoms with Crippen molar-refractivity contribution in [3.63, 3.8) is 0 Å². The van der Waals surface area contributed by atoms with Crippen LogP contribution in [0.4, 0.5) is 0 Å². The second-order valence-corrected chi connectivity index (χ2v) is 4.91. The summed E-state index contributed by atoms with van der Waals surface area (Å²) in [7, 11) is 0. The quantitative estimate of drug-likeness (QED) is 0.673. The van der Waals surface area contributed by atoms with Gasteiger partial charge in [-0.2, -0.15) is 0 Å². The second kappa shape index (κ2) is 4.36. The van der Waals surface area contributed by atoms with Crippen molar-refractivity contribution in [2.45, 2.75) is 45.1 Å². The van der Waals surface area contributed by atoms with Crippen molar-refractivity contribution in [2.75, 3.05) is 6.54 Å². The van der Waals surface area contributed by atoms with Gasteiger partial charge in [-0.15, -0.1) is 12.3 Å². The van der Waals surface area contributed by atoms with E-state index in [1.165, 1.54) is 25.7 Å². The Labute approximate surface area is 87.7 Å². The van der Waals surface area contributed by atoms with Crippen LogP contribution in [0.5, 0.6) is 0 Å². The first-order valence-corrected chi connectivity index (χ1v) is 6.02. The van der Waals surface area contributed by atoms with Crippen LogP contribution in [0.25, 0.3) is 0 Å². The second-order valence-electron chi connectivity index (χ2n) is 4.91. The van der Waals surface area contributed by atoms with Gasteiger partial charge in [0.25, 0.3) is 0 Å². The predicted molar refractivity (Wildman–Crippen MR) is 59.9 cm³/mol. The highest BCUT2D eigenvalue weighted by molar-refractivity contribution is 4.99. The van der Waals surface area contributed by atoms with E-state index in [2.05, 4.69) is 18.2 Å². The Morgan fingerprint density at radius 3 is 2.79 bits per heavy atom.